The van der Waals surface area contributed by atoms with Crippen molar-refractivity contribution in [2.75, 3.05) is 26.2 Å². The second kappa shape index (κ2) is 7.17. The Hall–Kier alpha value is -2.25. The predicted molar refractivity (Wildman–Crippen MR) is 98.2 cm³/mol. The summed E-state index contributed by atoms with van der Waals surface area (Å²) in [5.41, 5.74) is 3.90. The maximum absolute atomic E-state index is 12.8. The van der Waals surface area contributed by atoms with Crippen LogP contribution in [0.15, 0.2) is 35.2 Å². The fraction of sp³-hybridized carbons (Fsp3) is 0.421. The summed E-state index contributed by atoms with van der Waals surface area (Å²) in [5.74, 6) is 0.384. The van der Waals surface area contributed by atoms with Crippen molar-refractivity contribution < 1.29 is 14.3 Å². The average molecular weight is 371 g/mol. The zero-order valence-corrected chi connectivity index (χ0v) is 15.4. The summed E-state index contributed by atoms with van der Waals surface area (Å²) in [7, 11) is 0. The third-order valence-electron chi connectivity index (χ3n) is 5.18. The van der Waals surface area contributed by atoms with Gasteiger partial charge in [-0.25, -0.2) is 4.98 Å². The number of amides is 2. The maximum Gasteiger partial charge on any atom is 0.270 e. The van der Waals surface area contributed by atoms with Gasteiger partial charge in [-0.05, 0) is 19.1 Å². The van der Waals surface area contributed by atoms with Crippen molar-refractivity contribution in [3.05, 3.63) is 52.0 Å². The van der Waals surface area contributed by atoms with Gasteiger partial charge in [-0.3, -0.25) is 9.59 Å². The molecule has 136 valence electrons. The van der Waals surface area contributed by atoms with Crippen molar-refractivity contribution in [3.63, 3.8) is 0 Å². The summed E-state index contributed by atoms with van der Waals surface area (Å²) < 4.78 is 5.89. The van der Waals surface area contributed by atoms with Crippen LogP contribution in [-0.2, 0) is 4.74 Å². The number of fused-ring (bicyclic) bond motifs is 1. The van der Waals surface area contributed by atoms with Crippen LogP contribution in [-0.4, -0.2) is 54.0 Å². The molecule has 2 aliphatic rings. The van der Waals surface area contributed by atoms with E-state index in [1.165, 1.54) is 11.3 Å². The molecule has 0 saturated carbocycles. The van der Waals surface area contributed by atoms with Crippen LogP contribution < -0.4 is 5.32 Å². The predicted octanol–water partition coefficient (Wildman–Crippen LogP) is 1.97. The van der Waals surface area contributed by atoms with E-state index in [1.807, 2.05) is 36.1 Å². The number of benzene rings is 1. The van der Waals surface area contributed by atoms with Gasteiger partial charge in [0.2, 0.25) is 0 Å². The van der Waals surface area contributed by atoms with Gasteiger partial charge >= 0.3 is 0 Å². The highest BCUT2D eigenvalue weighted by Crippen LogP contribution is 2.34. The Morgan fingerprint density at radius 3 is 3.04 bits per heavy atom. The van der Waals surface area contributed by atoms with Crippen LogP contribution in [0.2, 0.25) is 0 Å². The number of nitrogens with zero attached hydrogens (tertiary/aromatic N) is 2. The van der Waals surface area contributed by atoms with E-state index in [-0.39, 0.29) is 29.8 Å². The van der Waals surface area contributed by atoms with Crippen LogP contribution in [0.1, 0.15) is 26.4 Å². The number of hydrogen-bond donors (Lipinski definition) is 1. The molecule has 2 fully saturated rings. The lowest BCUT2D eigenvalue weighted by Gasteiger charge is -2.20. The molecule has 7 heteroatoms. The lowest BCUT2D eigenvalue weighted by molar-refractivity contribution is 0.0674. The van der Waals surface area contributed by atoms with Gasteiger partial charge < -0.3 is 15.0 Å². The van der Waals surface area contributed by atoms with Crippen molar-refractivity contribution in [2.45, 2.75) is 13.0 Å². The molecule has 3 atom stereocenters. The minimum Gasteiger partial charge on any atom is -0.376 e. The molecule has 2 aliphatic heterocycles. The molecular formula is C19H21N3O3S. The first-order chi connectivity index (χ1) is 12.6. The molecule has 2 amide bonds. The summed E-state index contributed by atoms with van der Waals surface area (Å²) in [4.78, 5) is 30.7. The van der Waals surface area contributed by atoms with E-state index in [2.05, 4.69) is 10.3 Å². The van der Waals surface area contributed by atoms with Crippen molar-refractivity contribution in [1.82, 2.24) is 15.2 Å². The number of hydrogen-bond acceptors (Lipinski definition) is 5. The third-order valence-corrected chi connectivity index (χ3v) is 5.77. The zero-order chi connectivity index (χ0) is 18.1. The van der Waals surface area contributed by atoms with Crippen LogP contribution in [0.4, 0.5) is 0 Å². The summed E-state index contributed by atoms with van der Waals surface area (Å²) in [5, 5.41) is 4.68. The highest BCUT2D eigenvalue weighted by atomic mass is 32.1. The van der Waals surface area contributed by atoms with E-state index in [0.29, 0.717) is 31.9 Å². The van der Waals surface area contributed by atoms with Crippen LogP contribution >= 0.6 is 11.3 Å². The van der Waals surface area contributed by atoms with Gasteiger partial charge in [-0.15, -0.1) is 11.3 Å². The Balaban J connectivity index is 1.36. The fourth-order valence-corrected chi connectivity index (χ4v) is 4.31. The number of aryl methyl sites for hydroxylation is 1. The van der Waals surface area contributed by atoms with E-state index >= 15 is 0 Å². The molecule has 0 spiro atoms. The first-order valence-electron chi connectivity index (χ1n) is 8.76. The number of ether oxygens (including phenoxy) is 1. The number of thiazole rings is 1. The molecule has 0 radical (unpaired) electrons. The lowest BCUT2D eigenvalue weighted by Crippen LogP contribution is -2.35. The molecule has 1 aromatic carbocycles. The molecule has 4 rings (SSSR count). The molecule has 6 nitrogen and oxygen atoms in total. The van der Waals surface area contributed by atoms with E-state index in [0.717, 1.165) is 11.1 Å². The quantitative estimate of drug-likeness (QED) is 0.892. The van der Waals surface area contributed by atoms with Crippen molar-refractivity contribution in [3.8, 4) is 0 Å². The van der Waals surface area contributed by atoms with Crippen molar-refractivity contribution in [1.29, 1.82) is 0 Å². The topological polar surface area (TPSA) is 71.5 Å². The highest BCUT2D eigenvalue weighted by Gasteiger charge is 2.45. The molecule has 1 aromatic heterocycles. The van der Waals surface area contributed by atoms with Gasteiger partial charge in [-0.2, -0.15) is 0 Å². The van der Waals surface area contributed by atoms with Gasteiger partial charge in [0, 0.05) is 42.4 Å². The number of aromatic nitrogens is 1. The number of carbonyl (C=O) groups is 2. The molecule has 1 N–H and O–H groups in total. The largest absolute Gasteiger partial charge is 0.376 e. The molecule has 26 heavy (non-hydrogen) atoms. The summed E-state index contributed by atoms with van der Waals surface area (Å²) in [6, 6.07) is 7.67. The highest BCUT2D eigenvalue weighted by molar-refractivity contribution is 7.07. The van der Waals surface area contributed by atoms with E-state index in [4.69, 9.17) is 4.74 Å². The maximum atomic E-state index is 12.8. The van der Waals surface area contributed by atoms with Gasteiger partial charge in [0.05, 0.1) is 18.2 Å². The van der Waals surface area contributed by atoms with E-state index < -0.39 is 0 Å². The molecule has 2 saturated heterocycles. The van der Waals surface area contributed by atoms with Crippen LogP contribution in [0.3, 0.4) is 0 Å². The molecule has 0 aliphatic carbocycles. The number of rotatable bonds is 4. The number of likely N-dealkylation sites (tertiary alicyclic amines) is 1. The van der Waals surface area contributed by atoms with E-state index in [1.54, 1.807) is 10.9 Å². The normalized spacial score (nSPS) is 24.5. The summed E-state index contributed by atoms with van der Waals surface area (Å²) in [6.07, 6.45) is 0.0601. The lowest BCUT2D eigenvalue weighted by atomic mass is 9.93. The summed E-state index contributed by atoms with van der Waals surface area (Å²) in [6.45, 7) is 4.45. The minimum atomic E-state index is -0.152. The average Bonchev–Trinajstić information content (AvgIpc) is 3.36. The number of nitrogens with one attached hydrogen (secondary N) is 1. The second-order valence-corrected chi connectivity index (χ2v) is 7.68. The van der Waals surface area contributed by atoms with Gasteiger partial charge in [0.25, 0.3) is 11.8 Å². The Morgan fingerprint density at radius 1 is 1.38 bits per heavy atom. The Labute approximate surface area is 156 Å². The van der Waals surface area contributed by atoms with Crippen molar-refractivity contribution >= 4 is 23.2 Å². The Bertz CT molecular complexity index is 808. The van der Waals surface area contributed by atoms with Crippen LogP contribution in [0.25, 0.3) is 0 Å². The monoisotopic (exact) mass is 371 g/mol. The van der Waals surface area contributed by atoms with Gasteiger partial charge in [0.1, 0.15) is 5.69 Å². The number of carbonyl (C=O) groups excluding carboxylic acids is 2. The first-order valence-corrected chi connectivity index (χ1v) is 9.70. The first kappa shape index (κ1) is 17.2. The third kappa shape index (κ3) is 3.37. The molecule has 3 heterocycles. The molecule has 2 aromatic rings. The molecular weight excluding hydrogens is 350 g/mol. The van der Waals surface area contributed by atoms with E-state index in [9.17, 15) is 9.59 Å². The SMILES string of the molecule is Cc1cccc(C(=O)N2C[C@@H]3[C@@H](CNC(=O)c4cscn4)CO[C@@H]3C2)c1. The molecule has 0 unspecified atom stereocenters. The second-order valence-electron chi connectivity index (χ2n) is 6.96. The van der Waals surface area contributed by atoms with Crippen LogP contribution in [0.5, 0.6) is 0 Å². The fourth-order valence-electron chi connectivity index (χ4n) is 3.77. The summed E-state index contributed by atoms with van der Waals surface area (Å²) >= 11 is 1.40. The van der Waals surface area contributed by atoms with Gasteiger partial charge in [0.15, 0.2) is 0 Å². The standard InChI is InChI=1S/C19H21N3O3S/c1-12-3-2-4-13(5-12)19(24)22-7-15-14(9-25-17(15)8-22)6-20-18(23)16-10-26-11-21-16/h2-5,10-11,14-15,17H,6-9H2,1H3,(H,20,23)/t14-,15+,17+/m0/s1. The molecule has 0 bridgehead atoms. The van der Waals surface area contributed by atoms with Crippen molar-refractivity contribution in [2.24, 2.45) is 11.8 Å². The Morgan fingerprint density at radius 2 is 2.27 bits per heavy atom. The zero-order valence-electron chi connectivity index (χ0n) is 14.6. The van der Waals surface area contributed by atoms with Gasteiger partial charge in [-0.1, -0.05) is 17.7 Å². The smallest absolute Gasteiger partial charge is 0.270 e. The minimum absolute atomic E-state index is 0.0527. The Kier molecular flexibility index (Phi) is 4.74. The van der Waals surface area contributed by atoms with Crippen LogP contribution in [0, 0.1) is 18.8 Å².